The standard InChI is InChI=1S/C12H13N3O2/c1-2-15(11-6-5-9(13)8-14-11)12(16)10-4-3-7-17-10/h3-8H,2,13H2,1H3. The molecule has 2 rings (SSSR count). The van der Waals surface area contributed by atoms with Gasteiger partial charge in [0.15, 0.2) is 5.76 Å². The number of nitrogens with two attached hydrogens (primary N) is 1. The molecule has 0 saturated carbocycles. The summed E-state index contributed by atoms with van der Waals surface area (Å²) in [7, 11) is 0. The van der Waals surface area contributed by atoms with Crippen molar-refractivity contribution in [3.05, 3.63) is 42.5 Å². The monoisotopic (exact) mass is 231 g/mol. The fourth-order valence-electron chi connectivity index (χ4n) is 1.50. The molecule has 5 heteroatoms. The van der Waals surface area contributed by atoms with E-state index >= 15 is 0 Å². The Hall–Kier alpha value is -2.30. The number of hydrogen-bond donors (Lipinski definition) is 1. The summed E-state index contributed by atoms with van der Waals surface area (Å²) in [5, 5.41) is 0. The van der Waals surface area contributed by atoms with Gasteiger partial charge in [-0.15, -0.1) is 0 Å². The van der Waals surface area contributed by atoms with Gasteiger partial charge in [0.05, 0.1) is 18.1 Å². The third-order valence-electron chi connectivity index (χ3n) is 2.34. The Bertz CT molecular complexity index is 491. The van der Waals surface area contributed by atoms with Gasteiger partial charge in [-0.05, 0) is 31.2 Å². The van der Waals surface area contributed by atoms with Gasteiger partial charge in [0, 0.05) is 6.54 Å². The molecule has 0 spiro atoms. The fraction of sp³-hybridized carbons (Fsp3) is 0.167. The molecule has 2 aromatic rings. The van der Waals surface area contributed by atoms with Crippen LogP contribution in [0.2, 0.25) is 0 Å². The van der Waals surface area contributed by atoms with Crippen LogP contribution in [0.15, 0.2) is 41.1 Å². The summed E-state index contributed by atoms with van der Waals surface area (Å²) in [6, 6.07) is 6.72. The van der Waals surface area contributed by atoms with E-state index in [1.165, 1.54) is 17.4 Å². The molecule has 88 valence electrons. The van der Waals surface area contributed by atoms with Gasteiger partial charge in [-0.25, -0.2) is 4.98 Å². The van der Waals surface area contributed by atoms with Crippen molar-refractivity contribution in [1.29, 1.82) is 0 Å². The maximum absolute atomic E-state index is 12.1. The first kappa shape index (κ1) is 11.2. The van der Waals surface area contributed by atoms with Crippen molar-refractivity contribution in [3.63, 3.8) is 0 Å². The molecule has 0 bridgehead atoms. The lowest BCUT2D eigenvalue weighted by Crippen LogP contribution is -2.31. The Morgan fingerprint density at radius 2 is 2.29 bits per heavy atom. The molecule has 0 aliphatic carbocycles. The molecule has 5 nitrogen and oxygen atoms in total. The van der Waals surface area contributed by atoms with Crippen molar-refractivity contribution < 1.29 is 9.21 Å². The molecule has 17 heavy (non-hydrogen) atoms. The van der Waals surface area contributed by atoms with E-state index in [0.717, 1.165) is 0 Å². The van der Waals surface area contributed by atoms with Crippen LogP contribution in [0.1, 0.15) is 17.5 Å². The maximum atomic E-state index is 12.1. The number of aromatic nitrogens is 1. The molecule has 2 aromatic heterocycles. The SMILES string of the molecule is CCN(C(=O)c1ccco1)c1ccc(N)cn1. The molecule has 0 atom stereocenters. The van der Waals surface area contributed by atoms with Crippen LogP contribution in [-0.2, 0) is 0 Å². The zero-order valence-corrected chi connectivity index (χ0v) is 9.46. The van der Waals surface area contributed by atoms with Crippen LogP contribution in [0.5, 0.6) is 0 Å². The molecule has 2 N–H and O–H groups in total. The Kier molecular flexibility index (Phi) is 3.09. The Morgan fingerprint density at radius 1 is 1.47 bits per heavy atom. The highest BCUT2D eigenvalue weighted by molar-refractivity contribution is 6.03. The zero-order valence-electron chi connectivity index (χ0n) is 9.46. The Morgan fingerprint density at radius 3 is 2.82 bits per heavy atom. The van der Waals surface area contributed by atoms with E-state index in [-0.39, 0.29) is 5.91 Å². The molecule has 0 unspecified atom stereocenters. The minimum absolute atomic E-state index is 0.213. The van der Waals surface area contributed by atoms with Crippen LogP contribution in [0, 0.1) is 0 Å². The molecule has 2 heterocycles. The van der Waals surface area contributed by atoms with Crippen LogP contribution in [-0.4, -0.2) is 17.4 Å². The van der Waals surface area contributed by atoms with Crippen molar-refractivity contribution in [2.75, 3.05) is 17.2 Å². The Balaban J connectivity index is 2.28. The van der Waals surface area contributed by atoms with Crippen molar-refractivity contribution in [1.82, 2.24) is 4.98 Å². The molecular weight excluding hydrogens is 218 g/mol. The van der Waals surface area contributed by atoms with Gasteiger partial charge in [-0.3, -0.25) is 9.69 Å². The number of hydrogen-bond acceptors (Lipinski definition) is 4. The summed E-state index contributed by atoms with van der Waals surface area (Å²) in [4.78, 5) is 17.7. The summed E-state index contributed by atoms with van der Waals surface area (Å²) in [5.74, 6) is 0.642. The number of furan rings is 1. The molecule has 0 saturated heterocycles. The number of pyridine rings is 1. The van der Waals surface area contributed by atoms with Gasteiger partial charge in [-0.1, -0.05) is 0 Å². The maximum Gasteiger partial charge on any atom is 0.295 e. The molecule has 0 radical (unpaired) electrons. The van der Waals surface area contributed by atoms with Gasteiger partial charge >= 0.3 is 0 Å². The highest BCUT2D eigenvalue weighted by Crippen LogP contribution is 2.15. The fourth-order valence-corrected chi connectivity index (χ4v) is 1.50. The molecule has 0 aromatic carbocycles. The second-order valence-corrected chi connectivity index (χ2v) is 3.48. The van der Waals surface area contributed by atoms with E-state index < -0.39 is 0 Å². The van der Waals surface area contributed by atoms with Gasteiger partial charge in [-0.2, -0.15) is 0 Å². The lowest BCUT2D eigenvalue weighted by Gasteiger charge is -2.18. The number of rotatable bonds is 3. The van der Waals surface area contributed by atoms with E-state index in [0.29, 0.717) is 23.8 Å². The van der Waals surface area contributed by atoms with Crippen molar-refractivity contribution in [3.8, 4) is 0 Å². The lowest BCUT2D eigenvalue weighted by molar-refractivity contribution is 0.0961. The Labute approximate surface area is 98.9 Å². The molecule has 0 fully saturated rings. The van der Waals surface area contributed by atoms with E-state index in [1.807, 2.05) is 6.92 Å². The largest absolute Gasteiger partial charge is 0.459 e. The van der Waals surface area contributed by atoms with E-state index in [9.17, 15) is 4.79 Å². The lowest BCUT2D eigenvalue weighted by atomic mass is 10.3. The summed E-state index contributed by atoms with van der Waals surface area (Å²) in [5.41, 5.74) is 6.12. The molecular formula is C12H13N3O2. The summed E-state index contributed by atoms with van der Waals surface area (Å²) >= 11 is 0. The topological polar surface area (TPSA) is 72.4 Å². The van der Waals surface area contributed by atoms with Crippen molar-refractivity contribution >= 4 is 17.4 Å². The first-order chi connectivity index (χ1) is 8.22. The number of carbonyl (C=O) groups is 1. The highest BCUT2D eigenvalue weighted by atomic mass is 16.3. The summed E-state index contributed by atoms with van der Waals surface area (Å²) in [6.45, 7) is 2.38. The predicted octanol–water partition coefficient (Wildman–Crippen LogP) is 1.92. The minimum Gasteiger partial charge on any atom is -0.459 e. The van der Waals surface area contributed by atoms with Gasteiger partial charge in [0.25, 0.3) is 5.91 Å². The number of amides is 1. The summed E-state index contributed by atoms with van der Waals surface area (Å²) in [6.07, 6.45) is 2.99. The van der Waals surface area contributed by atoms with Crippen LogP contribution >= 0.6 is 0 Å². The van der Waals surface area contributed by atoms with Crippen LogP contribution < -0.4 is 10.6 Å². The quantitative estimate of drug-likeness (QED) is 0.875. The zero-order chi connectivity index (χ0) is 12.3. The third-order valence-corrected chi connectivity index (χ3v) is 2.34. The van der Waals surface area contributed by atoms with E-state index in [4.69, 9.17) is 10.2 Å². The second kappa shape index (κ2) is 4.69. The van der Waals surface area contributed by atoms with Crippen molar-refractivity contribution in [2.24, 2.45) is 0 Å². The van der Waals surface area contributed by atoms with Crippen LogP contribution in [0.4, 0.5) is 11.5 Å². The smallest absolute Gasteiger partial charge is 0.295 e. The number of anilines is 2. The third kappa shape index (κ3) is 2.28. The minimum atomic E-state index is -0.213. The van der Waals surface area contributed by atoms with Crippen LogP contribution in [0.3, 0.4) is 0 Å². The van der Waals surface area contributed by atoms with Gasteiger partial charge in [0.2, 0.25) is 0 Å². The van der Waals surface area contributed by atoms with E-state index in [1.54, 1.807) is 24.3 Å². The molecule has 1 amide bonds. The van der Waals surface area contributed by atoms with Crippen molar-refractivity contribution in [2.45, 2.75) is 6.92 Å². The normalized spacial score (nSPS) is 10.2. The number of nitrogen functional groups attached to an aromatic ring is 1. The first-order valence-electron chi connectivity index (χ1n) is 5.29. The highest BCUT2D eigenvalue weighted by Gasteiger charge is 2.19. The summed E-state index contributed by atoms with van der Waals surface area (Å²) < 4.78 is 5.08. The van der Waals surface area contributed by atoms with Gasteiger partial charge < -0.3 is 10.2 Å². The second-order valence-electron chi connectivity index (χ2n) is 3.48. The average Bonchev–Trinajstić information content (AvgIpc) is 2.86. The first-order valence-corrected chi connectivity index (χ1v) is 5.29. The average molecular weight is 231 g/mol. The van der Waals surface area contributed by atoms with E-state index in [2.05, 4.69) is 4.98 Å². The van der Waals surface area contributed by atoms with Crippen LogP contribution in [0.25, 0.3) is 0 Å². The predicted molar refractivity (Wildman–Crippen MR) is 64.7 cm³/mol. The number of nitrogens with zero attached hydrogens (tertiary/aromatic N) is 2. The number of carbonyl (C=O) groups excluding carboxylic acids is 1. The molecule has 0 aliphatic rings. The van der Waals surface area contributed by atoms with Gasteiger partial charge in [0.1, 0.15) is 5.82 Å². The molecule has 0 aliphatic heterocycles.